The number of carbonyl (C=O) groups excluding carboxylic acids is 2. The van der Waals surface area contributed by atoms with Gasteiger partial charge in [-0.15, -0.1) is 0 Å². The van der Waals surface area contributed by atoms with Crippen molar-refractivity contribution in [2.75, 3.05) is 13.2 Å². The summed E-state index contributed by atoms with van der Waals surface area (Å²) in [4.78, 5) is 42.9. The van der Waals surface area contributed by atoms with Crippen LogP contribution in [0.2, 0.25) is 0 Å². The van der Waals surface area contributed by atoms with Crippen LogP contribution in [-0.4, -0.2) is 41.0 Å². The second-order valence-electron chi connectivity index (χ2n) is 16.1. The molecule has 0 aliphatic carbocycles. The van der Waals surface area contributed by atoms with Crippen LogP contribution in [0.1, 0.15) is 251 Å². The van der Waals surface area contributed by atoms with E-state index in [4.69, 9.17) is 19.3 Å². The van der Waals surface area contributed by atoms with E-state index in [1.54, 1.807) is 0 Å². The molecule has 0 aliphatic heterocycles. The molecular formula is C46H89O8P. The van der Waals surface area contributed by atoms with Crippen molar-refractivity contribution in [1.82, 2.24) is 0 Å². The van der Waals surface area contributed by atoms with Gasteiger partial charge in [0.2, 0.25) is 0 Å². The van der Waals surface area contributed by atoms with E-state index >= 15 is 0 Å². The minimum Gasteiger partial charge on any atom is -0.462 e. The molecule has 0 aliphatic rings. The number of hydrogen-bond donors (Lipinski definition) is 2. The predicted octanol–water partition coefficient (Wildman–Crippen LogP) is 14.6. The maximum atomic E-state index is 12.4. The van der Waals surface area contributed by atoms with Crippen molar-refractivity contribution in [3.05, 3.63) is 12.2 Å². The lowest BCUT2D eigenvalue weighted by atomic mass is 10.0. The molecule has 0 rings (SSSR count). The Balaban J connectivity index is 3.82. The lowest BCUT2D eigenvalue weighted by molar-refractivity contribution is -0.161. The third-order valence-corrected chi connectivity index (χ3v) is 11.0. The summed E-state index contributed by atoms with van der Waals surface area (Å²) >= 11 is 0. The van der Waals surface area contributed by atoms with E-state index in [2.05, 4.69) is 30.5 Å². The lowest BCUT2D eigenvalue weighted by Gasteiger charge is -2.18. The van der Waals surface area contributed by atoms with E-state index in [9.17, 15) is 14.2 Å². The van der Waals surface area contributed by atoms with Crippen molar-refractivity contribution >= 4 is 19.8 Å². The Labute approximate surface area is 339 Å². The zero-order chi connectivity index (χ0) is 40.3. The molecule has 0 saturated carbocycles. The Morgan fingerprint density at radius 3 is 1.16 bits per heavy atom. The molecule has 8 nitrogen and oxygen atoms in total. The molecule has 0 saturated heterocycles. The molecular weight excluding hydrogens is 711 g/mol. The molecule has 0 fully saturated rings. The highest BCUT2D eigenvalue weighted by molar-refractivity contribution is 7.46. The summed E-state index contributed by atoms with van der Waals surface area (Å²) in [5, 5.41) is 0. The second kappa shape index (κ2) is 42.4. The highest BCUT2D eigenvalue weighted by Gasteiger charge is 2.22. The first-order valence-corrected chi connectivity index (χ1v) is 25.0. The lowest BCUT2D eigenvalue weighted by Crippen LogP contribution is -2.29. The summed E-state index contributed by atoms with van der Waals surface area (Å²) in [7, 11) is -4.76. The van der Waals surface area contributed by atoms with Crippen LogP contribution >= 0.6 is 7.82 Å². The Hall–Kier alpha value is -1.21. The van der Waals surface area contributed by atoms with Crippen LogP contribution < -0.4 is 0 Å². The minimum atomic E-state index is -4.76. The standard InChI is InChI=1S/C46H89O8P/c1-3-5-7-9-11-13-15-17-19-20-21-22-23-24-25-26-27-29-31-33-35-37-39-41-46(48)54-44(43-53-55(49,50)51)42-52-45(47)40-38-36-34-32-30-28-18-16-14-12-10-8-6-4-2/h33,35,44H,3-32,34,36-43H2,1-2H3,(H2,49,50,51)/b35-33+/t44-/m1/s1. The highest BCUT2D eigenvalue weighted by Crippen LogP contribution is 2.36. The zero-order valence-electron chi connectivity index (χ0n) is 36.1. The molecule has 0 amide bonds. The van der Waals surface area contributed by atoms with E-state index in [1.807, 2.05) is 0 Å². The minimum absolute atomic E-state index is 0.170. The number of phosphoric ester groups is 1. The van der Waals surface area contributed by atoms with Crippen molar-refractivity contribution in [2.45, 2.75) is 258 Å². The number of ether oxygens (including phenoxy) is 2. The van der Waals surface area contributed by atoms with Gasteiger partial charge in [0.05, 0.1) is 6.61 Å². The average molecular weight is 801 g/mol. The Kier molecular flexibility index (Phi) is 41.5. The van der Waals surface area contributed by atoms with Crippen LogP contribution in [0.3, 0.4) is 0 Å². The normalized spacial score (nSPS) is 12.4. The largest absolute Gasteiger partial charge is 0.469 e. The summed E-state index contributed by atoms with van der Waals surface area (Å²) < 4.78 is 26.4. The number of allylic oxidation sites excluding steroid dienone is 2. The van der Waals surface area contributed by atoms with Crippen molar-refractivity contribution < 1.29 is 37.9 Å². The first-order chi connectivity index (χ1) is 26.8. The molecule has 9 heteroatoms. The molecule has 0 aromatic heterocycles. The summed E-state index contributed by atoms with van der Waals surface area (Å²) in [5.41, 5.74) is 0. The van der Waals surface area contributed by atoms with Gasteiger partial charge in [-0.2, -0.15) is 0 Å². The van der Waals surface area contributed by atoms with Gasteiger partial charge in [-0.25, -0.2) is 4.57 Å². The van der Waals surface area contributed by atoms with Crippen LogP contribution in [0, 0.1) is 0 Å². The summed E-state index contributed by atoms with van der Waals surface area (Å²) in [5.74, 6) is -0.907. The fraction of sp³-hybridized carbons (Fsp3) is 0.913. The summed E-state index contributed by atoms with van der Waals surface area (Å²) in [6.07, 6.45) is 48.1. The van der Waals surface area contributed by atoms with E-state index < -0.39 is 32.5 Å². The Morgan fingerprint density at radius 2 is 0.782 bits per heavy atom. The van der Waals surface area contributed by atoms with Crippen LogP contribution in [0.4, 0.5) is 0 Å². The van der Waals surface area contributed by atoms with Crippen LogP contribution in [0.25, 0.3) is 0 Å². The third kappa shape index (κ3) is 45.4. The zero-order valence-corrected chi connectivity index (χ0v) is 37.0. The topological polar surface area (TPSA) is 119 Å². The molecule has 0 radical (unpaired) electrons. The fourth-order valence-electron chi connectivity index (χ4n) is 7.03. The molecule has 0 heterocycles. The summed E-state index contributed by atoms with van der Waals surface area (Å²) in [6.45, 7) is 3.70. The molecule has 0 spiro atoms. The maximum absolute atomic E-state index is 12.4. The van der Waals surface area contributed by atoms with Crippen molar-refractivity contribution in [1.29, 1.82) is 0 Å². The number of rotatable bonds is 44. The van der Waals surface area contributed by atoms with Crippen LogP contribution in [0.15, 0.2) is 12.2 Å². The SMILES string of the molecule is CCCCCCCCCCCCCCCCCCCC/C=C/CCCC(=O)O[C@H](COC(=O)CCCCCCCCCCCCCCCC)COP(=O)(O)O. The Morgan fingerprint density at radius 1 is 0.455 bits per heavy atom. The van der Waals surface area contributed by atoms with Crippen molar-refractivity contribution in [3.63, 3.8) is 0 Å². The van der Waals surface area contributed by atoms with E-state index in [0.29, 0.717) is 6.42 Å². The Bertz CT molecular complexity index is 904. The van der Waals surface area contributed by atoms with Crippen LogP contribution in [0.5, 0.6) is 0 Å². The van der Waals surface area contributed by atoms with E-state index in [-0.39, 0.29) is 19.4 Å². The molecule has 0 aromatic rings. The number of phosphoric acid groups is 1. The fourth-order valence-corrected chi connectivity index (χ4v) is 7.39. The molecule has 2 N–H and O–H groups in total. The van der Waals surface area contributed by atoms with Crippen molar-refractivity contribution in [3.8, 4) is 0 Å². The monoisotopic (exact) mass is 801 g/mol. The number of carbonyl (C=O) groups is 2. The quantitative estimate of drug-likeness (QED) is 0.0271. The summed E-state index contributed by atoms with van der Waals surface area (Å²) in [6, 6.07) is 0. The van der Waals surface area contributed by atoms with E-state index in [1.165, 1.54) is 186 Å². The predicted molar refractivity (Wildman–Crippen MR) is 230 cm³/mol. The molecule has 55 heavy (non-hydrogen) atoms. The van der Waals surface area contributed by atoms with E-state index in [0.717, 1.165) is 32.1 Å². The smallest absolute Gasteiger partial charge is 0.462 e. The third-order valence-electron chi connectivity index (χ3n) is 10.5. The highest BCUT2D eigenvalue weighted by atomic mass is 31.2. The maximum Gasteiger partial charge on any atom is 0.469 e. The molecule has 0 unspecified atom stereocenters. The molecule has 1 atom stereocenters. The van der Waals surface area contributed by atoms with Gasteiger partial charge in [0.1, 0.15) is 6.61 Å². The second-order valence-corrected chi connectivity index (χ2v) is 17.3. The number of esters is 2. The number of unbranched alkanes of at least 4 members (excludes halogenated alkanes) is 32. The van der Waals surface area contributed by atoms with Gasteiger partial charge in [0, 0.05) is 12.8 Å². The molecule has 0 aromatic carbocycles. The van der Waals surface area contributed by atoms with Crippen LogP contribution in [-0.2, 0) is 28.2 Å². The van der Waals surface area contributed by atoms with Gasteiger partial charge in [0.25, 0.3) is 0 Å². The first-order valence-electron chi connectivity index (χ1n) is 23.5. The van der Waals surface area contributed by atoms with Gasteiger partial charge < -0.3 is 19.3 Å². The van der Waals surface area contributed by atoms with Gasteiger partial charge in [-0.1, -0.05) is 219 Å². The number of hydrogen-bond acceptors (Lipinski definition) is 6. The molecule has 0 bridgehead atoms. The van der Waals surface area contributed by atoms with Gasteiger partial charge in [-0.05, 0) is 32.1 Å². The first kappa shape index (κ1) is 53.8. The van der Waals surface area contributed by atoms with Gasteiger partial charge in [0.15, 0.2) is 6.10 Å². The van der Waals surface area contributed by atoms with Gasteiger partial charge >= 0.3 is 19.8 Å². The average Bonchev–Trinajstić information content (AvgIpc) is 3.16. The van der Waals surface area contributed by atoms with Gasteiger partial charge in [-0.3, -0.25) is 14.1 Å². The van der Waals surface area contributed by atoms with Crippen molar-refractivity contribution in [2.24, 2.45) is 0 Å². The molecule has 326 valence electrons.